The number of hydrogen-bond donors (Lipinski definition) is 2. The number of aromatic nitrogens is 2. The van der Waals surface area contributed by atoms with Crippen LogP contribution in [0.15, 0.2) is 6.33 Å². The van der Waals surface area contributed by atoms with Gasteiger partial charge in [0, 0.05) is 24.6 Å². The second-order valence-electron chi connectivity index (χ2n) is 3.73. The van der Waals surface area contributed by atoms with Gasteiger partial charge in [-0.2, -0.15) is 0 Å². The molecule has 15 heavy (non-hydrogen) atoms. The summed E-state index contributed by atoms with van der Waals surface area (Å²) in [4.78, 5) is 8.47. The van der Waals surface area contributed by atoms with E-state index in [1.54, 1.807) is 6.33 Å². The molecule has 0 bridgehead atoms. The highest BCUT2D eigenvalue weighted by molar-refractivity contribution is 5.46. The van der Waals surface area contributed by atoms with Crippen LogP contribution in [0.3, 0.4) is 0 Å². The molecule has 1 aromatic heterocycles. The minimum absolute atomic E-state index is 0.214. The van der Waals surface area contributed by atoms with E-state index >= 15 is 0 Å². The van der Waals surface area contributed by atoms with Crippen molar-refractivity contribution in [3.05, 3.63) is 17.6 Å². The molecule has 2 heterocycles. The Bertz CT molecular complexity index is 342. The molecule has 0 fully saturated rings. The lowest BCUT2D eigenvalue weighted by Crippen LogP contribution is -2.27. The lowest BCUT2D eigenvalue weighted by molar-refractivity contribution is 0.109. The van der Waals surface area contributed by atoms with E-state index in [0.29, 0.717) is 13.2 Å². The molecule has 1 aromatic rings. The van der Waals surface area contributed by atoms with Gasteiger partial charge in [-0.3, -0.25) is 0 Å². The van der Waals surface area contributed by atoms with Gasteiger partial charge in [0.2, 0.25) is 0 Å². The molecule has 3 N–H and O–H groups in total. The molecule has 82 valence electrons. The van der Waals surface area contributed by atoms with Crippen molar-refractivity contribution in [1.82, 2.24) is 9.97 Å². The predicted octanol–water partition coefficient (Wildman–Crippen LogP) is 0.308. The molecule has 0 spiro atoms. The quantitative estimate of drug-likeness (QED) is 0.747. The zero-order valence-electron chi connectivity index (χ0n) is 8.86. The third-order valence-electron chi connectivity index (χ3n) is 2.50. The van der Waals surface area contributed by atoms with Crippen LogP contribution in [0.25, 0.3) is 0 Å². The monoisotopic (exact) mass is 208 g/mol. The molecule has 5 nitrogen and oxygen atoms in total. The van der Waals surface area contributed by atoms with Crippen LogP contribution < -0.4 is 11.1 Å². The Morgan fingerprint density at radius 2 is 2.47 bits per heavy atom. The Morgan fingerprint density at radius 1 is 1.60 bits per heavy atom. The van der Waals surface area contributed by atoms with Crippen molar-refractivity contribution in [2.75, 3.05) is 18.5 Å². The van der Waals surface area contributed by atoms with E-state index in [0.717, 1.165) is 30.1 Å². The van der Waals surface area contributed by atoms with Gasteiger partial charge in [-0.1, -0.05) is 0 Å². The maximum absolute atomic E-state index is 5.56. The second-order valence-corrected chi connectivity index (χ2v) is 3.73. The predicted molar refractivity (Wildman–Crippen MR) is 57.5 cm³/mol. The molecule has 0 saturated heterocycles. The second kappa shape index (κ2) is 4.55. The number of hydrogen-bond acceptors (Lipinski definition) is 5. The average Bonchev–Trinajstić information content (AvgIpc) is 2.29. The zero-order chi connectivity index (χ0) is 10.7. The summed E-state index contributed by atoms with van der Waals surface area (Å²) in [5.74, 6) is 0.859. The Morgan fingerprint density at radius 3 is 3.27 bits per heavy atom. The van der Waals surface area contributed by atoms with E-state index in [1.807, 2.05) is 6.92 Å². The molecule has 1 aliphatic heterocycles. The van der Waals surface area contributed by atoms with E-state index in [2.05, 4.69) is 15.3 Å². The summed E-state index contributed by atoms with van der Waals surface area (Å²) >= 11 is 0. The highest BCUT2D eigenvalue weighted by Crippen LogP contribution is 2.21. The van der Waals surface area contributed by atoms with Crippen LogP contribution >= 0.6 is 0 Å². The average molecular weight is 208 g/mol. The van der Waals surface area contributed by atoms with Gasteiger partial charge < -0.3 is 15.8 Å². The first-order chi connectivity index (χ1) is 7.31. The normalized spacial score (nSPS) is 16.9. The SMILES string of the molecule is CC(CN)Nc1ncnc2c1COCC2. The summed E-state index contributed by atoms with van der Waals surface area (Å²) in [6, 6.07) is 0.214. The van der Waals surface area contributed by atoms with Gasteiger partial charge in [-0.15, -0.1) is 0 Å². The molecule has 1 unspecified atom stereocenters. The highest BCUT2D eigenvalue weighted by Gasteiger charge is 2.16. The van der Waals surface area contributed by atoms with E-state index in [9.17, 15) is 0 Å². The topological polar surface area (TPSA) is 73.1 Å². The minimum atomic E-state index is 0.214. The Labute approximate surface area is 89.1 Å². The summed E-state index contributed by atoms with van der Waals surface area (Å²) in [6.07, 6.45) is 2.46. The highest BCUT2D eigenvalue weighted by atomic mass is 16.5. The van der Waals surface area contributed by atoms with Crippen LogP contribution in [0, 0.1) is 0 Å². The van der Waals surface area contributed by atoms with Crippen LogP contribution in [-0.2, 0) is 17.8 Å². The molecular weight excluding hydrogens is 192 g/mol. The van der Waals surface area contributed by atoms with E-state index < -0.39 is 0 Å². The number of nitrogens with one attached hydrogen (secondary N) is 1. The van der Waals surface area contributed by atoms with Gasteiger partial charge in [0.05, 0.1) is 18.9 Å². The number of nitrogens with zero attached hydrogens (tertiary/aromatic N) is 2. The van der Waals surface area contributed by atoms with Crippen molar-refractivity contribution >= 4 is 5.82 Å². The van der Waals surface area contributed by atoms with Crippen molar-refractivity contribution in [2.45, 2.75) is 26.0 Å². The van der Waals surface area contributed by atoms with E-state index in [1.165, 1.54) is 0 Å². The minimum Gasteiger partial charge on any atom is -0.376 e. The number of rotatable bonds is 3. The van der Waals surface area contributed by atoms with Crippen molar-refractivity contribution in [3.8, 4) is 0 Å². The Hall–Kier alpha value is -1.20. The fourth-order valence-electron chi connectivity index (χ4n) is 1.58. The molecular formula is C10H16N4O. The van der Waals surface area contributed by atoms with Crippen molar-refractivity contribution < 1.29 is 4.74 Å². The summed E-state index contributed by atoms with van der Waals surface area (Å²) in [6.45, 7) is 3.95. The van der Waals surface area contributed by atoms with Crippen molar-refractivity contribution in [3.63, 3.8) is 0 Å². The first-order valence-corrected chi connectivity index (χ1v) is 5.18. The summed E-state index contributed by atoms with van der Waals surface area (Å²) < 4.78 is 5.40. The maximum atomic E-state index is 5.56. The van der Waals surface area contributed by atoms with Crippen LogP contribution in [0.1, 0.15) is 18.2 Å². The van der Waals surface area contributed by atoms with Crippen LogP contribution in [0.5, 0.6) is 0 Å². The van der Waals surface area contributed by atoms with E-state index in [-0.39, 0.29) is 6.04 Å². The van der Waals surface area contributed by atoms with E-state index in [4.69, 9.17) is 10.5 Å². The summed E-state index contributed by atoms with van der Waals surface area (Å²) in [5, 5.41) is 3.26. The van der Waals surface area contributed by atoms with Gasteiger partial charge in [-0.05, 0) is 6.92 Å². The maximum Gasteiger partial charge on any atom is 0.135 e. The molecule has 0 radical (unpaired) electrons. The van der Waals surface area contributed by atoms with Crippen LogP contribution in [0.2, 0.25) is 0 Å². The van der Waals surface area contributed by atoms with Crippen molar-refractivity contribution in [1.29, 1.82) is 0 Å². The van der Waals surface area contributed by atoms with Gasteiger partial charge in [-0.25, -0.2) is 9.97 Å². The molecule has 1 atom stereocenters. The van der Waals surface area contributed by atoms with Crippen molar-refractivity contribution in [2.24, 2.45) is 5.73 Å². The number of fused-ring (bicyclic) bond motifs is 1. The molecule has 0 amide bonds. The number of nitrogens with two attached hydrogens (primary N) is 1. The van der Waals surface area contributed by atoms with Gasteiger partial charge in [0.15, 0.2) is 0 Å². The standard InChI is InChI=1S/C10H16N4O/c1-7(4-11)14-10-8-5-15-3-2-9(8)12-6-13-10/h6-7H,2-5,11H2,1H3,(H,12,13,14). The Kier molecular flexibility index (Phi) is 3.13. The molecule has 0 aromatic carbocycles. The lowest BCUT2D eigenvalue weighted by Gasteiger charge is -2.20. The molecule has 1 aliphatic rings. The van der Waals surface area contributed by atoms with Crippen LogP contribution in [-0.4, -0.2) is 29.2 Å². The molecule has 0 saturated carbocycles. The summed E-state index contributed by atoms with van der Waals surface area (Å²) in [7, 11) is 0. The third-order valence-corrected chi connectivity index (χ3v) is 2.50. The molecule has 5 heteroatoms. The van der Waals surface area contributed by atoms with Gasteiger partial charge in [0.1, 0.15) is 12.1 Å². The zero-order valence-corrected chi connectivity index (χ0v) is 8.86. The Balaban J connectivity index is 2.23. The number of anilines is 1. The fourth-order valence-corrected chi connectivity index (χ4v) is 1.58. The summed E-state index contributed by atoms with van der Waals surface area (Å²) in [5.41, 5.74) is 7.72. The van der Waals surface area contributed by atoms with Gasteiger partial charge >= 0.3 is 0 Å². The molecule has 0 aliphatic carbocycles. The van der Waals surface area contributed by atoms with Gasteiger partial charge in [0.25, 0.3) is 0 Å². The number of ether oxygens (including phenoxy) is 1. The van der Waals surface area contributed by atoms with Crippen LogP contribution in [0.4, 0.5) is 5.82 Å². The first-order valence-electron chi connectivity index (χ1n) is 5.18. The molecule has 2 rings (SSSR count). The third kappa shape index (κ3) is 2.24. The first kappa shape index (κ1) is 10.3. The largest absolute Gasteiger partial charge is 0.376 e. The smallest absolute Gasteiger partial charge is 0.135 e. The lowest BCUT2D eigenvalue weighted by atomic mass is 10.1. The fraction of sp³-hybridized carbons (Fsp3) is 0.600.